The Balaban J connectivity index is 1.98. The van der Waals surface area contributed by atoms with Crippen LogP contribution in [-0.2, 0) is 10.0 Å². The van der Waals surface area contributed by atoms with Gasteiger partial charge in [-0.15, -0.1) is 0 Å². The fraction of sp³-hybridized carbons (Fsp3) is 0.294. The predicted molar refractivity (Wildman–Crippen MR) is 105 cm³/mol. The van der Waals surface area contributed by atoms with Crippen molar-refractivity contribution in [2.24, 2.45) is 0 Å². The quantitative estimate of drug-likeness (QED) is 0.489. The lowest BCUT2D eigenvalue weighted by molar-refractivity contribution is 0.283. The molecule has 10 heteroatoms. The van der Waals surface area contributed by atoms with Crippen molar-refractivity contribution in [2.75, 3.05) is 16.6 Å². The van der Waals surface area contributed by atoms with Gasteiger partial charge in [-0.3, -0.25) is 4.72 Å². The van der Waals surface area contributed by atoms with Crippen molar-refractivity contribution < 1.29 is 26.7 Å². The van der Waals surface area contributed by atoms with E-state index >= 15 is 0 Å². The number of aliphatic hydroxyl groups is 1. The zero-order valence-electron chi connectivity index (χ0n) is 13.9. The Morgan fingerprint density at radius 1 is 1.07 bits per heavy atom. The number of hydrogen-bond acceptors (Lipinski definition) is 4. The average Bonchev–Trinajstić information content (AvgIpc) is 3.38. The van der Waals surface area contributed by atoms with Gasteiger partial charge in [0.15, 0.2) is 11.6 Å². The van der Waals surface area contributed by atoms with E-state index in [9.17, 15) is 21.6 Å². The van der Waals surface area contributed by atoms with Crippen LogP contribution < -0.4 is 10.0 Å². The van der Waals surface area contributed by atoms with Crippen molar-refractivity contribution in [3.63, 3.8) is 0 Å². The minimum atomic E-state index is -3.96. The number of rotatable bonds is 7. The fourth-order valence-electron chi connectivity index (χ4n) is 2.73. The molecule has 146 valence electrons. The van der Waals surface area contributed by atoms with Crippen LogP contribution in [0.4, 0.5) is 30.2 Å². The van der Waals surface area contributed by atoms with E-state index in [0.29, 0.717) is 16.4 Å². The van der Waals surface area contributed by atoms with Crippen molar-refractivity contribution >= 4 is 49.7 Å². The van der Waals surface area contributed by atoms with Gasteiger partial charge in [0.2, 0.25) is 10.0 Å². The third kappa shape index (κ3) is 4.02. The number of halogens is 4. The molecule has 0 saturated heterocycles. The first-order valence-corrected chi connectivity index (χ1v) is 10.6. The number of anilines is 3. The summed E-state index contributed by atoms with van der Waals surface area (Å²) in [5.41, 5.74) is -0.883. The summed E-state index contributed by atoms with van der Waals surface area (Å²) in [6.07, 6.45) is 0.767. The van der Waals surface area contributed by atoms with Crippen molar-refractivity contribution in [3.05, 3.63) is 51.4 Å². The fourth-order valence-corrected chi connectivity index (χ4v) is 4.86. The summed E-state index contributed by atoms with van der Waals surface area (Å²) in [4.78, 5) is 0. The van der Waals surface area contributed by atoms with E-state index in [1.165, 1.54) is 12.1 Å². The van der Waals surface area contributed by atoms with E-state index in [1.807, 2.05) is 22.6 Å². The molecule has 0 aromatic heterocycles. The van der Waals surface area contributed by atoms with Gasteiger partial charge >= 0.3 is 0 Å². The molecule has 1 aliphatic rings. The summed E-state index contributed by atoms with van der Waals surface area (Å²) in [5.74, 6) is -3.23. The number of benzene rings is 2. The lowest BCUT2D eigenvalue weighted by Crippen LogP contribution is -2.31. The predicted octanol–water partition coefficient (Wildman–Crippen LogP) is 4.11. The molecule has 0 unspecified atom stereocenters. The van der Waals surface area contributed by atoms with Crippen molar-refractivity contribution in [1.29, 1.82) is 0 Å². The molecule has 0 aliphatic heterocycles. The number of hydrogen-bond donors (Lipinski definition) is 3. The van der Waals surface area contributed by atoms with Gasteiger partial charge in [0.25, 0.3) is 0 Å². The maximum atomic E-state index is 14.4. The van der Waals surface area contributed by atoms with E-state index in [4.69, 9.17) is 5.11 Å². The van der Waals surface area contributed by atoms with Gasteiger partial charge in [-0.25, -0.2) is 21.6 Å². The van der Waals surface area contributed by atoms with Gasteiger partial charge in [0, 0.05) is 10.2 Å². The van der Waals surface area contributed by atoms with E-state index in [2.05, 4.69) is 10.0 Å². The minimum Gasteiger partial charge on any atom is -0.396 e. The average molecular weight is 512 g/mol. The van der Waals surface area contributed by atoms with E-state index in [-0.39, 0.29) is 24.4 Å². The Morgan fingerprint density at radius 3 is 2.33 bits per heavy atom. The summed E-state index contributed by atoms with van der Waals surface area (Å²) >= 11 is 1.90. The number of aliphatic hydroxyl groups excluding tert-OH is 1. The number of sulfonamides is 1. The van der Waals surface area contributed by atoms with Gasteiger partial charge < -0.3 is 10.4 Å². The highest BCUT2D eigenvalue weighted by atomic mass is 127. The molecular weight excluding hydrogens is 496 g/mol. The highest BCUT2D eigenvalue weighted by Crippen LogP contribution is 2.47. The molecule has 5 nitrogen and oxygen atoms in total. The zero-order valence-corrected chi connectivity index (χ0v) is 16.9. The van der Waals surface area contributed by atoms with Gasteiger partial charge in [0.1, 0.15) is 11.5 Å². The Bertz CT molecular complexity index is 982. The third-order valence-corrected chi connectivity index (χ3v) is 7.39. The van der Waals surface area contributed by atoms with E-state index < -0.39 is 37.9 Å². The standard InChI is InChI=1S/C17H16F3IN2O3S/c18-11-2-4-14(23-27(25,26)17(5-6-17)7-8-24)16(15(11)20)22-13-3-1-10(21)9-12(13)19/h1-4,9,22-24H,5-8H2. The smallest absolute Gasteiger partial charge is 0.238 e. The first kappa shape index (κ1) is 20.2. The van der Waals surface area contributed by atoms with Crippen molar-refractivity contribution in [2.45, 2.75) is 24.0 Å². The molecule has 2 aromatic rings. The maximum absolute atomic E-state index is 14.4. The summed E-state index contributed by atoms with van der Waals surface area (Å²) in [5, 5.41) is 11.5. The van der Waals surface area contributed by atoms with Crippen LogP contribution in [0, 0.1) is 21.0 Å². The minimum absolute atomic E-state index is 0.0422. The molecule has 1 aliphatic carbocycles. The number of nitrogens with one attached hydrogen (secondary N) is 2. The Hall–Kier alpha value is -1.53. The summed E-state index contributed by atoms with van der Waals surface area (Å²) < 4.78 is 69.2. The van der Waals surface area contributed by atoms with Crippen LogP contribution in [-0.4, -0.2) is 24.9 Å². The highest BCUT2D eigenvalue weighted by Gasteiger charge is 2.54. The molecule has 0 spiro atoms. The van der Waals surface area contributed by atoms with Gasteiger partial charge in [-0.2, -0.15) is 0 Å². The lowest BCUT2D eigenvalue weighted by atomic mass is 10.2. The molecule has 1 fully saturated rings. The highest BCUT2D eigenvalue weighted by molar-refractivity contribution is 14.1. The second-order valence-corrected chi connectivity index (χ2v) is 9.62. The second-order valence-electron chi connectivity index (χ2n) is 6.30. The zero-order chi connectivity index (χ0) is 19.8. The van der Waals surface area contributed by atoms with Crippen molar-refractivity contribution in [1.82, 2.24) is 0 Å². The topological polar surface area (TPSA) is 78.4 Å². The molecule has 2 aromatic carbocycles. The van der Waals surface area contributed by atoms with Crippen LogP contribution in [0.2, 0.25) is 0 Å². The van der Waals surface area contributed by atoms with Crippen LogP contribution in [0.25, 0.3) is 0 Å². The van der Waals surface area contributed by atoms with E-state index in [1.54, 1.807) is 6.07 Å². The Kier molecular flexibility index (Phi) is 5.59. The normalized spacial score (nSPS) is 15.4. The molecule has 3 rings (SSSR count). The van der Waals surface area contributed by atoms with Crippen molar-refractivity contribution in [3.8, 4) is 0 Å². The van der Waals surface area contributed by atoms with Crippen LogP contribution in [0.3, 0.4) is 0 Å². The third-order valence-electron chi connectivity index (χ3n) is 4.48. The summed E-state index contributed by atoms with van der Waals surface area (Å²) in [6.45, 7) is -0.308. The first-order chi connectivity index (χ1) is 12.7. The first-order valence-electron chi connectivity index (χ1n) is 8.02. The van der Waals surface area contributed by atoms with Crippen LogP contribution in [0.5, 0.6) is 0 Å². The second kappa shape index (κ2) is 7.47. The van der Waals surface area contributed by atoms with E-state index in [0.717, 1.165) is 12.1 Å². The van der Waals surface area contributed by atoms with Crippen LogP contribution >= 0.6 is 22.6 Å². The lowest BCUT2D eigenvalue weighted by Gasteiger charge is -2.20. The Labute approximate surface area is 168 Å². The van der Waals surface area contributed by atoms with Gasteiger partial charge in [-0.1, -0.05) is 0 Å². The largest absolute Gasteiger partial charge is 0.396 e. The molecule has 0 atom stereocenters. The molecule has 0 heterocycles. The van der Waals surface area contributed by atoms with Crippen LogP contribution in [0.1, 0.15) is 19.3 Å². The molecule has 0 radical (unpaired) electrons. The van der Waals surface area contributed by atoms with Crippen LogP contribution in [0.15, 0.2) is 30.3 Å². The molecule has 27 heavy (non-hydrogen) atoms. The molecule has 0 bridgehead atoms. The maximum Gasteiger partial charge on any atom is 0.238 e. The van der Waals surface area contributed by atoms with Gasteiger partial charge in [0.05, 0.1) is 16.1 Å². The SMILES string of the molecule is O=S(=O)(Nc1ccc(F)c(F)c1Nc1ccc(I)cc1F)C1(CCO)CC1. The summed E-state index contributed by atoms with van der Waals surface area (Å²) in [6, 6.07) is 5.96. The molecule has 1 saturated carbocycles. The summed E-state index contributed by atoms with van der Waals surface area (Å²) in [7, 11) is -3.96. The van der Waals surface area contributed by atoms with Gasteiger partial charge in [-0.05, 0) is 72.2 Å². The Morgan fingerprint density at radius 2 is 1.74 bits per heavy atom. The molecular formula is C17H16F3IN2O3S. The molecule has 0 amide bonds. The molecule has 3 N–H and O–H groups in total. The monoisotopic (exact) mass is 512 g/mol.